The molecule has 1 atom stereocenters. The van der Waals surface area contributed by atoms with E-state index < -0.39 is 14.9 Å². The summed E-state index contributed by atoms with van der Waals surface area (Å²) >= 11 is 0. The van der Waals surface area contributed by atoms with Crippen LogP contribution in [0.25, 0.3) is 10.8 Å². The van der Waals surface area contributed by atoms with Crippen LogP contribution in [0, 0.1) is 0 Å². The lowest BCUT2D eigenvalue weighted by Crippen LogP contribution is -2.56. The van der Waals surface area contributed by atoms with Crippen LogP contribution in [0.3, 0.4) is 0 Å². The van der Waals surface area contributed by atoms with E-state index in [0.717, 1.165) is 18.5 Å². The number of hydrogen-bond acceptors (Lipinski definition) is 1. The first-order valence-corrected chi connectivity index (χ1v) is 11.7. The molecule has 2 aromatic rings. The summed E-state index contributed by atoms with van der Waals surface area (Å²) in [7, 11) is -1.79. The minimum atomic E-state index is -1.79. The van der Waals surface area contributed by atoms with E-state index in [1.165, 1.54) is 22.0 Å². The maximum Gasteiger partial charge on any atom is 0.514 e. The van der Waals surface area contributed by atoms with E-state index in [0.29, 0.717) is 0 Å². The second kappa shape index (κ2) is 4.67. The van der Waals surface area contributed by atoms with Crippen molar-refractivity contribution in [2.24, 2.45) is 0 Å². The Bertz CT molecular complexity index is 837. The van der Waals surface area contributed by atoms with Gasteiger partial charge in [0.15, 0.2) is 5.75 Å². The van der Waals surface area contributed by atoms with Gasteiger partial charge in [-0.05, 0) is 29.9 Å². The Morgan fingerprint density at radius 2 is 1.78 bits per heavy atom. The normalized spacial score (nSPS) is 24.8. The molecule has 0 radical (unpaired) electrons. The Labute approximate surface area is 139 Å². The average Bonchev–Trinajstić information content (AvgIpc) is 2.72. The summed E-state index contributed by atoms with van der Waals surface area (Å²) in [5.41, 5.74) is 1.53. The van der Waals surface area contributed by atoms with Gasteiger partial charge in [0, 0.05) is 19.2 Å². The van der Waals surface area contributed by atoms with E-state index in [9.17, 15) is 0 Å². The van der Waals surface area contributed by atoms with Crippen LogP contribution in [0.4, 0.5) is 0 Å². The van der Waals surface area contributed by atoms with Gasteiger partial charge in [-0.15, -0.1) is 0 Å². The summed E-state index contributed by atoms with van der Waals surface area (Å²) < 4.78 is 10.6. The zero-order chi connectivity index (χ0) is 16.4. The van der Waals surface area contributed by atoms with Crippen molar-refractivity contribution in [2.75, 3.05) is 0 Å². The second-order valence-corrected chi connectivity index (χ2v) is 11.6. The Morgan fingerprint density at radius 3 is 2.43 bits per heavy atom. The van der Waals surface area contributed by atoms with Gasteiger partial charge in [0.25, 0.3) is 0 Å². The summed E-state index contributed by atoms with van der Waals surface area (Å²) in [6, 6.07) is 13.1. The third kappa shape index (κ3) is 1.65. The summed E-state index contributed by atoms with van der Waals surface area (Å²) in [4.78, 5) is 0. The molecule has 0 fully saturated rings. The van der Waals surface area contributed by atoms with Crippen LogP contribution in [-0.4, -0.2) is 14.9 Å². The third-order valence-corrected chi connectivity index (χ3v) is 9.97. The molecule has 2 aliphatic rings. The fourth-order valence-electron chi connectivity index (χ4n) is 4.93. The van der Waals surface area contributed by atoms with Crippen molar-refractivity contribution in [3.05, 3.63) is 47.1 Å². The van der Waals surface area contributed by atoms with Crippen LogP contribution < -0.4 is 4.65 Å². The molecule has 0 bridgehead atoms. The lowest BCUT2D eigenvalue weighted by atomic mass is 9.47. The molecule has 4 heteroatoms. The first-order chi connectivity index (χ1) is 11.0. The number of rotatable bonds is 2. The van der Waals surface area contributed by atoms with Gasteiger partial charge < -0.3 is 8.63 Å². The van der Waals surface area contributed by atoms with Gasteiger partial charge in [-0.3, -0.25) is 0 Å². The minimum absolute atomic E-state index is 1.01. The zero-order valence-electron chi connectivity index (χ0n) is 14.8. The lowest BCUT2D eigenvalue weighted by molar-refractivity contribution is 0.222. The molecule has 1 unspecified atom stereocenters. The number of hydrogen-bond donors (Lipinski definition) is 0. The summed E-state index contributed by atoms with van der Waals surface area (Å²) in [5.74, 6) is 2.36. The van der Waals surface area contributed by atoms with Crippen molar-refractivity contribution >= 4 is 25.6 Å². The van der Waals surface area contributed by atoms with E-state index in [1.807, 2.05) is 0 Å². The largest absolute Gasteiger partial charge is 0.888 e. The monoisotopic (exact) mass is 324 g/mol. The van der Waals surface area contributed by atoms with Gasteiger partial charge in [0.2, 0.25) is 0 Å². The van der Waals surface area contributed by atoms with Crippen molar-refractivity contribution < 1.29 is 8.63 Å². The summed E-state index contributed by atoms with van der Waals surface area (Å²) in [6.07, 6.45) is 2.07. The maximum atomic E-state index is 6.80. The van der Waals surface area contributed by atoms with E-state index in [2.05, 4.69) is 74.2 Å². The van der Waals surface area contributed by atoms with Crippen LogP contribution in [0.2, 0.25) is 19.4 Å². The molecule has 0 N–H and O–H groups in total. The highest BCUT2D eigenvalue weighted by Crippen LogP contribution is 2.58. The lowest BCUT2D eigenvalue weighted by Gasteiger charge is -2.58. The van der Waals surface area contributed by atoms with Crippen molar-refractivity contribution in [1.82, 2.24) is 0 Å². The smallest absolute Gasteiger partial charge is 0.514 e. The molecule has 0 amide bonds. The SMILES string of the molecule is CCC1=C(C)[Si](C)(C)[O+]2c3cccc4cccc(c34)O[B-]12CC. The van der Waals surface area contributed by atoms with Crippen molar-refractivity contribution in [2.45, 2.75) is 46.6 Å². The molecular formula is C19H25BO2Si. The van der Waals surface area contributed by atoms with E-state index >= 15 is 0 Å². The van der Waals surface area contributed by atoms with E-state index in [1.54, 1.807) is 5.20 Å². The van der Waals surface area contributed by atoms with Crippen LogP contribution in [0.5, 0.6) is 11.5 Å². The van der Waals surface area contributed by atoms with Gasteiger partial charge in [0.05, 0.1) is 5.75 Å². The fraction of sp³-hybridized carbons (Fsp3) is 0.368. The Morgan fingerprint density at radius 1 is 1.09 bits per heavy atom. The highest BCUT2D eigenvalue weighted by molar-refractivity contribution is 6.97. The first-order valence-electron chi connectivity index (χ1n) is 8.79. The molecular weight excluding hydrogens is 299 g/mol. The molecule has 120 valence electrons. The molecule has 2 aliphatic heterocycles. The predicted octanol–water partition coefficient (Wildman–Crippen LogP) is 5.98. The summed E-state index contributed by atoms with van der Waals surface area (Å²) in [5, 5.41) is 4.11. The quantitative estimate of drug-likeness (QED) is 0.488. The van der Waals surface area contributed by atoms with Gasteiger partial charge in [-0.25, -0.2) is 0 Å². The van der Waals surface area contributed by atoms with Crippen LogP contribution in [-0.2, 0) is 3.97 Å². The van der Waals surface area contributed by atoms with Gasteiger partial charge in [0.1, 0.15) is 5.39 Å². The average molecular weight is 324 g/mol. The maximum absolute atomic E-state index is 6.80. The van der Waals surface area contributed by atoms with Crippen molar-refractivity contribution in [3.8, 4) is 11.5 Å². The Balaban J connectivity index is 2.10. The number of allylic oxidation sites excluding steroid dienone is 2. The number of benzene rings is 2. The molecule has 0 saturated carbocycles. The standard InChI is InChI=1S/C19H25BO2Si/c1-6-16-14(3)23(4,5)22-18-13-9-11-15-10-8-12-17(19(15)18)21-20(16,22)7-2/h8-13H,6-7H2,1-5H3. The second-order valence-electron chi connectivity index (χ2n) is 7.36. The van der Waals surface area contributed by atoms with Crippen LogP contribution in [0.15, 0.2) is 47.1 Å². The molecule has 0 aromatic heterocycles. The molecule has 0 saturated heterocycles. The van der Waals surface area contributed by atoms with Gasteiger partial charge >= 0.3 is 14.9 Å². The molecule has 4 rings (SSSR count). The molecule has 0 aliphatic carbocycles. The van der Waals surface area contributed by atoms with Gasteiger partial charge in [-0.2, -0.15) is 0 Å². The minimum Gasteiger partial charge on any atom is -0.888 e. The van der Waals surface area contributed by atoms with Crippen molar-refractivity contribution in [3.63, 3.8) is 0 Å². The predicted molar refractivity (Wildman–Crippen MR) is 102 cm³/mol. The highest BCUT2D eigenvalue weighted by atomic mass is 28.4. The topological polar surface area (TPSA) is 11.9 Å². The fourth-order valence-corrected chi connectivity index (χ4v) is 8.46. The molecule has 23 heavy (non-hydrogen) atoms. The first kappa shape index (κ1) is 14.9. The third-order valence-electron chi connectivity index (χ3n) is 6.15. The Hall–Kier alpha value is -1.68. The van der Waals surface area contributed by atoms with Crippen LogP contribution >= 0.6 is 0 Å². The van der Waals surface area contributed by atoms with Crippen molar-refractivity contribution in [1.29, 1.82) is 0 Å². The van der Waals surface area contributed by atoms with Gasteiger partial charge in [-0.1, -0.05) is 50.0 Å². The molecule has 2 aromatic carbocycles. The van der Waals surface area contributed by atoms with E-state index in [-0.39, 0.29) is 0 Å². The molecule has 0 spiro atoms. The highest BCUT2D eigenvalue weighted by Gasteiger charge is 2.62. The zero-order valence-corrected chi connectivity index (χ0v) is 15.8. The summed E-state index contributed by atoms with van der Waals surface area (Å²) in [6.45, 7) is 10.6. The Kier molecular flexibility index (Phi) is 3.02. The van der Waals surface area contributed by atoms with Crippen LogP contribution in [0.1, 0.15) is 27.2 Å². The number of fused-ring (bicyclic) bond motifs is 2. The molecule has 2 nitrogen and oxygen atoms in total. The van der Waals surface area contributed by atoms with E-state index in [4.69, 9.17) is 4.65 Å². The molecule has 2 heterocycles.